The van der Waals surface area contributed by atoms with Crippen LogP contribution >= 0.6 is 11.6 Å². The summed E-state index contributed by atoms with van der Waals surface area (Å²) in [4.78, 5) is 17.0. The van der Waals surface area contributed by atoms with Crippen LogP contribution in [0.4, 0.5) is 18.9 Å². The van der Waals surface area contributed by atoms with Crippen molar-refractivity contribution in [2.45, 2.75) is 35.0 Å². The van der Waals surface area contributed by atoms with Gasteiger partial charge in [0.2, 0.25) is 0 Å². The van der Waals surface area contributed by atoms with Crippen molar-refractivity contribution in [1.82, 2.24) is 0 Å². The monoisotopic (exact) mass is 516 g/mol. The van der Waals surface area contributed by atoms with Crippen molar-refractivity contribution in [3.8, 4) is 0 Å². The Labute approximate surface area is 198 Å². The Morgan fingerprint density at radius 3 is 2.56 bits per heavy atom. The molecule has 2 aromatic rings. The van der Waals surface area contributed by atoms with Gasteiger partial charge in [0.25, 0.3) is 5.91 Å². The average molecular weight is 517 g/mol. The Morgan fingerprint density at radius 2 is 1.91 bits per heavy atom. The van der Waals surface area contributed by atoms with Crippen molar-refractivity contribution in [3.05, 3.63) is 58.4 Å². The standard InChI is InChI=1S/C22H20ClF3N2O5S/c1-33-27-10-22(30)9-12-2-4-14(22)20(12)34(31,32)18-6-11(3-5-15(18)23)21(29)28-13-7-16(24)19(26)17(25)8-13/h3,5-8,10,12,14,20,30H,2,4,9H2,1H3,(H,28,29)/b27-10+/t12?,14?,20-,22+/m1/s1. The van der Waals surface area contributed by atoms with E-state index in [0.717, 1.165) is 6.07 Å². The van der Waals surface area contributed by atoms with E-state index in [1.165, 1.54) is 25.5 Å². The molecule has 12 heteroatoms. The number of halogens is 4. The fourth-order valence-corrected chi connectivity index (χ4v) is 7.88. The van der Waals surface area contributed by atoms with E-state index in [1.54, 1.807) is 0 Å². The van der Waals surface area contributed by atoms with E-state index < -0.39 is 50.0 Å². The highest BCUT2D eigenvalue weighted by molar-refractivity contribution is 7.92. The van der Waals surface area contributed by atoms with Gasteiger partial charge in [-0.05, 0) is 43.4 Å². The van der Waals surface area contributed by atoms with Gasteiger partial charge in [0.15, 0.2) is 27.3 Å². The number of oxime groups is 1. The first-order chi connectivity index (χ1) is 16.0. The molecule has 2 N–H and O–H groups in total. The summed E-state index contributed by atoms with van der Waals surface area (Å²) in [6.07, 6.45) is 2.46. The molecule has 7 nitrogen and oxygen atoms in total. The Balaban J connectivity index is 1.65. The first-order valence-corrected chi connectivity index (χ1v) is 12.2. The maximum atomic E-state index is 13.6. The molecule has 0 aliphatic heterocycles. The summed E-state index contributed by atoms with van der Waals surface area (Å²) >= 11 is 6.19. The fraction of sp³-hybridized carbons (Fsp3) is 0.364. The predicted molar refractivity (Wildman–Crippen MR) is 118 cm³/mol. The number of anilines is 1. The molecular formula is C22H20ClF3N2O5S. The van der Waals surface area contributed by atoms with Gasteiger partial charge in [0, 0.05) is 29.3 Å². The summed E-state index contributed by atoms with van der Waals surface area (Å²) < 4.78 is 67.3. The minimum Gasteiger partial charge on any atom is -0.399 e. The number of hydrogen-bond donors (Lipinski definition) is 2. The lowest BCUT2D eigenvalue weighted by Crippen LogP contribution is -2.40. The summed E-state index contributed by atoms with van der Waals surface area (Å²) in [5.41, 5.74) is -1.94. The molecule has 2 aliphatic rings. The fourth-order valence-electron chi connectivity index (χ4n) is 4.98. The second-order valence-electron chi connectivity index (χ2n) is 8.42. The van der Waals surface area contributed by atoms with Gasteiger partial charge in [0.05, 0.1) is 21.4 Å². The van der Waals surface area contributed by atoms with Crippen LogP contribution in [0, 0.1) is 29.3 Å². The zero-order chi connectivity index (χ0) is 24.8. The molecule has 4 atom stereocenters. The summed E-state index contributed by atoms with van der Waals surface area (Å²) in [7, 11) is -2.78. The van der Waals surface area contributed by atoms with E-state index in [4.69, 9.17) is 11.6 Å². The summed E-state index contributed by atoms with van der Waals surface area (Å²) in [5.74, 6) is -6.52. The van der Waals surface area contributed by atoms with Gasteiger partial charge in [-0.15, -0.1) is 0 Å². The van der Waals surface area contributed by atoms with Crippen molar-refractivity contribution >= 4 is 39.2 Å². The van der Waals surface area contributed by atoms with Crippen LogP contribution in [0.15, 0.2) is 40.4 Å². The number of amides is 1. The van der Waals surface area contributed by atoms with E-state index in [2.05, 4.69) is 15.3 Å². The lowest BCUT2D eigenvalue weighted by Gasteiger charge is -2.28. The first kappa shape index (κ1) is 24.5. The van der Waals surface area contributed by atoms with Gasteiger partial charge in [0.1, 0.15) is 12.7 Å². The minimum absolute atomic E-state index is 0.115. The SMILES string of the molecule is CO/N=C/[C@@]1(O)CC2CCC1[C@@H]2S(=O)(=O)c1cc(C(=O)Nc2cc(F)c(F)c(F)c2)ccc1Cl. The highest BCUT2D eigenvalue weighted by atomic mass is 35.5. The first-order valence-electron chi connectivity index (χ1n) is 10.3. The van der Waals surface area contributed by atoms with E-state index in [0.29, 0.717) is 25.0 Å². The van der Waals surface area contributed by atoms with Gasteiger partial charge in [-0.3, -0.25) is 4.79 Å². The third kappa shape index (κ3) is 4.16. The van der Waals surface area contributed by atoms with Crippen LogP contribution in [0.2, 0.25) is 5.02 Å². The van der Waals surface area contributed by atoms with Crippen LogP contribution < -0.4 is 5.32 Å². The smallest absolute Gasteiger partial charge is 0.255 e. The number of hydrogen-bond acceptors (Lipinski definition) is 6. The van der Waals surface area contributed by atoms with E-state index in [1.807, 2.05) is 0 Å². The average Bonchev–Trinajstić information content (AvgIpc) is 3.32. The molecule has 2 saturated carbocycles. The van der Waals surface area contributed by atoms with Gasteiger partial charge >= 0.3 is 0 Å². The molecule has 2 unspecified atom stereocenters. The number of rotatable bonds is 6. The van der Waals surface area contributed by atoms with Gasteiger partial charge in [-0.25, -0.2) is 21.6 Å². The van der Waals surface area contributed by atoms with Crippen molar-refractivity contribution in [2.24, 2.45) is 17.0 Å². The Hall–Kier alpha value is -2.63. The number of benzene rings is 2. The molecule has 2 bridgehead atoms. The van der Waals surface area contributed by atoms with E-state index >= 15 is 0 Å². The number of fused-ring (bicyclic) bond motifs is 2. The molecule has 0 saturated heterocycles. The second kappa shape index (κ2) is 8.86. The largest absolute Gasteiger partial charge is 0.399 e. The summed E-state index contributed by atoms with van der Waals surface area (Å²) in [6.45, 7) is 0. The van der Waals surface area contributed by atoms with Crippen molar-refractivity contribution in [3.63, 3.8) is 0 Å². The molecule has 0 spiro atoms. The number of nitrogens with one attached hydrogen (secondary N) is 1. The van der Waals surface area contributed by atoms with Crippen molar-refractivity contribution < 1.29 is 36.3 Å². The zero-order valence-corrected chi connectivity index (χ0v) is 19.3. The van der Waals surface area contributed by atoms with E-state index in [-0.39, 0.29) is 33.5 Å². The van der Waals surface area contributed by atoms with Gasteiger partial charge in [-0.2, -0.15) is 0 Å². The number of carbonyl (C=O) groups is 1. The molecule has 1 amide bonds. The summed E-state index contributed by atoms with van der Waals surface area (Å²) in [5, 5.41) is 15.7. The lowest BCUT2D eigenvalue weighted by molar-refractivity contribution is 0.0545. The summed E-state index contributed by atoms with van der Waals surface area (Å²) in [6, 6.07) is 4.75. The zero-order valence-electron chi connectivity index (χ0n) is 17.8. The second-order valence-corrected chi connectivity index (χ2v) is 10.9. The topological polar surface area (TPSA) is 105 Å². The quantitative estimate of drug-likeness (QED) is 0.344. The number of nitrogens with zero attached hydrogens (tertiary/aromatic N) is 1. The lowest BCUT2D eigenvalue weighted by atomic mass is 9.85. The molecule has 0 radical (unpaired) electrons. The van der Waals surface area contributed by atoms with Crippen LogP contribution in [0.25, 0.3) is 0 Å². The number of sulfone groups is 1. The van der Waals surface area contributed by atoms with Crippen molar-refractivity contribution in [2.75, 3.05) is 12.4 Å². The van der Waals surface area contributed by atoms with Gasteiger partial charge in [-0.1, -0.05) is 16.8 Å². The maximum absolute atomic E-state index is 13.6. The molecule has 2 aliphatic carbocycles. The Morgan fingerprint density at radius 1 is 1.24 bits per heavy atom. The predicted octanol–water partition coefficient (Wildman–Crippen LogP) is 3.95. The highest BCUT2D eigenvalue weighted by Gasteiger charge is 2.61. The van der Waals surface area contributed by atoms with Crippen LogP contribution in [-0.2, 0) is 14.7 Å². The number of aliphatic hydroxyl groups is 1. The molecular weight excluding hydrogens is 497 g/mol. The molecule has 2 aromatic carbocycles. The minimum atomic E-state index is -4.09. The third-order valence-electron chi connectivity index (χ3n) is 6.42. The maximum Gasteiger partial charge on any atom is 0.255 e. The van der Waals surface area contributed by atoms with Crippen LogP contribution in [0.1, 0.15) is 29.6 Å². The Bertz CT molecular complexity index is 1270. The number of carbonyl (C=O) groups excluding carboxylic acids is 1. The van der Waals surface area contributed by atoms with Gasteiger partial charge < -0.3 is 15.3 Å². The Kier molecular flexibility index (Phi) is 6.38. The van der Waals surface area contributed by atoms with Crippen molar-refractivity contribution in [1.29, 1.82) is 0 Å². The normalized spacial score (nSPS) is 26.2. The molecule has 182 valence electrons. The molecule has 0 heterocycles. The highest BCUT2D eigenvalue weighted by Crippen LogP contribution is 2.54. The molecule has 34 heavy (non-hydrogen) atoms. The van der Waals surface area contributed by atoms with Crippen LogP contribution in [0.5, 0.6) is 0 Å². The third-order valence-corrected chi connectivity index (χ3v) is 9.24. The molecule has 2 fully saturated rings. The molecule has 4 rings (SSSR count). The molecule has 0 aromatic heterocycles. The van der Waals surface area contributed by atoms with Crippen LogP contribution in [0.3, 0.4) is 0 Å². The van der Waals surface area contributed by atoms with E-state index in [9.17, 15) is 31.5 Å². The van der Waals surface area contributed by atoms with Crippen LogP contribution in [-0.4, -0.2) is 43.6 Å².